The van der Waals surface area contributed by atoms with Crippen LogP contribution in [0.1, 0.15) is 29.0 Å². The van der Waals surface area contributed by atoms with E-state index < -0.39 is 16.8 Å². The van der Waals surface area contributed by atoms with Gasteiger partial charge in [0.25, 0.3) is 11.6 Å². The summed E-state index contributed by atoms with van der Waals surface area (Å²) >= 11 is 0. The zero-order valence-corrected chi connectivity index (χ0v) is 12.8. The topological polar surface area (TPSA) is 140 Å². The summed E-state index contributed by atoms with van der Waals surface area (Å²) in [5.41, 5.74) is 0.823. The fourth-order valence-corrected chi connectivity index (χ4v) is 2.05. The molecule has 0 unspecified atom stereocenters. The second-order valence-corrected chi connectivity index (χ2v) is 4.97. The average molecular weight is 333 g/mol. The number of nitro groups is 1. The van der Waals surface area contributed by atoms with Crippen LogP contribution in [0.4, 0.5) is 5.69 Å². The van der Waals surface area contributed by atoms with Gasteiger partial charge in [-0.2, -0.15) is 0 Å². The number of aromatic nitrogens is 3. The molecule has 126 valence electrons. The lowest BCUT2D eigenvalue weighted by Crippen LogP contribution is -2.26. The Hall–Kier alpha value is -3.30. The van der Waals surface area contributed by atoms with Crippen molar-refractivity contribution in [1.82, 2.24) is 20.3 Å². The number of benzene rings is 1. The molecular formula is C14H15N5O5. The zero-order valence-electron chi connectivity index (χ0n) is 12.8. The van der Waals surface area contributed by atoms with Crippen molar-refractivity contribution in [3.05, 3.63) is 45.8 Å². The van der Waals surface area contributed by atoms with Crippen LogP contribution in [0.25, 0.3) is 5.69 Å². The van der Waals surface area contributed by atoms with Crippen LogP contribution in [0.2, 0.25) is 0 Å². The molecule has 0 aliphatic carbocycles. The molecular weight excluding hydrogens is 318 g/mol. The Morgan fingerprint density at radius 1 is 1.42 bits per heavy atom. The summed E-state index contributed by atoms with van der Waals surface area (Å²) in [5, 5.41) is 29.6. The number of hydrogen-bond donors (Lipinski definition) is 2. The Balaban J connectivity index is 2.13. The molecule has 0 spiro atoms. The highest BCUT2D eigenvalue weighted by Crippen LogP contribution is 2.18. The number of amides is 1. The number of nitro benzene ring substituents is 1. The Kier molecular flexibility index (Phi) is 5.20. The third kappa shape index (κ3) is 3.91. The van der Waals surface area contributed by atoms with Crippen LogP contribution in [-0.2, 0) is 4.79 Å². The molecule has 0 radical (unpaired) electrons. The first-order valence-corrected chi connectivity index (χ1v) is 7.07. The highest BCUT2D eigenvalue weighted by molar-refractivity contribution is 5.93. The summed E-state index contributed by atoms with van der Waals surface area (Å²) in [5.74, 6) is -1.41. The number of non-ortho nitro benzene ring substituents is 1. The van der Waals surface area contributed by atoms with Crippen LogP contribution in [-0.4, -0.2) is 43.4 Å². The Labute approximate surface area is 136 Å². The summed E-state index contributed by atoms with van der Waals surface area (Å²) in [6.45, 7) is 1.82. The van der Waals surface area contributed by atoms with Crippen molar-refractivity contribution in [1.29, 1.82) is 0 Å². The predicted molar refractivity (Wildman–Crippen MR) is 82.0 cm³/mol. The first-order valence-electron chi connectivity index (χ1n) is 7.07. The Morgan fingerprint density at radius 3 is 2.83 bits per heavy atom. The standard InChI is InChI=1S/C14H15N5O5/c1-9-13(14(22)15-7-3-6-12(20)21)16-17-18(9)10-4-2-5-11(8-10)19(23)24/h2,4-5,8H,3,6-7H2,1H3,(H,15,22)(H,20,21). The molecule has 2 aromatic rings. The number of carboxylic acids is 1. The predicted octanol–water partition coefficient (Wildman–Crippen LogP) is 1.08. The van der Waals surface area contributed by atoms with Crippen LogP contribution in [0.3, 0.4) is 0 Å². The van der Waals surface area contributed by atoms with E-state index in [1.165, 1.54) is 22.9 Å². The number of rotatable bonds is 7. The van der Waals surface area contributed by atoms with Crippen LogP contribution >= 0.6 is 0 Å². The Bertz CT molecular complexity index is 786. The lowest BCUT2D eigenvalue weighted by Gasteiger charge is -2.04. The third-order valence-electron chi connectivity index (χ3n) is 3.25. The van der Waals surface area contributed by atoms with Gasteiger partial charge in [0.2, 0.25) is 0 Å². The number of carboxylic acid groups (broad SMARTS) is 1. The molecule has 1 amide bonds. The fraction of sp³-hybridized carbons (Fsp3) is 0.286. The maximum atomic E-state index is 12.0. The van der Waals surface area contributed by atoms with Gasteiger partial charge < -0.3 is 10.4 Å². The van der Waals surface area contributed by atoms with Gasteiger partial charge in [0.1, 0.15) is 0 Å². The number of hydrogen-bond acceptors (Lipinski definition) is 6. The molecule has 1 aromatic heterocycles. The molecule has 24 heavy (non-hydrogen) atoms. The van der Waals surface area contributed by atoms with Gasteiger partial charge in [-0.3, -0.25) is 19.7 Å². The number of carbonyl (C=O) groups excluding carboxylic acids is 1. The molecule has 10 nitrogen and oxygen atoms in total. The maximum Gasteiger partial charge on any atom is 0.303 e. The van der Waals surface area contributed by atoms with E-state index >= 15 is 0 Å². The van der Waals surface area contributed by atoms with Gasteiger partial charge in [-0.05, 0) is 19.4 Å². The van der Waals surface area contributed by atoms with Gasteiger partial charge in [0, 0.05) is 25.1 Å². The van der Waals surface area contributed by atoms with Gasteiger partial charge in [0.15, 0.2) is 5.69 Å². The molecule has 0 saturated heterocycles. The first-order chi connectivity index (χ1) is 11.4. The van der Waals surface area contributed by atoms with Crippen LogP contribution in [0, 0.1) is 17.0 Å². The van der Waals surface area contributed by atoms with Gasteiger partial charge in [-0.15, -0.1) is 5.10 Å². The van der Waals surface area contributed by atoms with E-state index in [2.05, 4.69) is 15.6 Å². The van der Waals surface area contributed by atoms with Crippen molar-refractivity contribution < 1.29 is 19.6 Å². The van der Waals surface area contributed by atoms with E-state index in [0.29, 0.717) is 17.8 Å². The van der Waals surface area contributed by atoms with Crippen molar-refractivity contribution >= 4 is 17.6 Å². The summed E-state index contributed by atoms with van der Waals surface area (Å²) in [4.78, 5) is 32.8. The van der Waals surface area contributed by atoms with Gasteiger partial charge in [-0.1, -0.05) is 11.3 Å². The smallest absolute Gasteiger partial charge is 0.303 e. The lowest BCUT2D eigenvalue weighted by molar-refractivity contribution is -0.384. The molecule has 0 bridgehead atoms. The molecule has 0 fully saturated rings. The molecule has 0 saturated carbocycles. The zero-order chi connectivity index (χ0) is 17.7. The molecule has 2 rings (SSSR count). The summed E-state index contributed by atoms with van der Waals surface area (Å²) in [6.07, 6.45) is 0.263. The minimum atomic E-state index is -0.933. The fourth-order valence-electron chi connectivity index (χ4n) is 2.05. The van der Waals surface area contributed by atoms with Gasteiger partial charge >= 0.3 is 5.97 Å². The van der Waals surface area contributed by atoms with Crippen molar-refractivity contribution in [3.8, 4) is 5.69 Å². The third-order valence-corrected chi connectivity index (χ3v) is 3.25. The molecule has 2 N–H and O–H groups in total. The Morgan fingerprint density at radius 2 is 2.17 bits per heavy atom. The number of aliphatic carboxylic acids is 1. The minimum Gasteiger partial charge on any atom is -0.481 e. The highest BCUT2D eigenvalue weighted by atomic mass is 16.6. The van der Waals surface area contributed by atoms with E-state index in [4.69, 9.17) is 5.11 Å². The van der Waals surface area contributed by atoms with E-state index in [9.17, 15) is 19.7 Å². The van der Waals surface area contributed by atoms with Gasteiger partial charge in [0.05, 0.1) is 16.3 Å². The maximum absolute atomic E-state index is 12.0. The van der Waals surface area contributed by atoms with Crippen molar-refractivity contribution in [2.75, 3.05) is 6.54 Å². The van der Waals surface area contributed by atoms with E-state index in [0.717, 1.165) is 0 Å². The lowest BCUT2D eigenvalue weighted by atomic mass is 10.2. The molecule has 1 heterocycles. The summed E-state index contributed by atoms with van der Waals surface area (Å²) < 4.78 is 1.33. The van der Waals surface area contributed by atoms with Gasteiger partial charge in [-0.25, -0.2) is 4.68 Å². The monoisotopic (exact) mass is 333 g/mol. The van der Waals surface area contributed by atoms with Crippen LogP contribution in [0.5, 0.6) is 0 Å². The van der Waals surface area contributed by atoms with Crippen molar-refractivity contribution in [2.24, 2.45) is 0 Å². The molecule has 0 aliphatic heterocycles. The average Bonchev–Trinajstić information content (AvgIpc) is 2.93. The van der Waals surface area contributed by atoms with E-state index in [-0.39, 0.29) is 24.3 Å². The second-order valence-electron chi connectivity index (χ2n) is 4.97. The molecule has 0 atom stereocenters. The first kappa shape index (κ1) is 17.1. The summed E-state index contributed by atoms with van der Waals surface area (Å²) in [6, 6.07) is 5.81. The second kappa shape index (κ2) is 7.31. The largest absolute Gasteiger partial charge is 0.481 e. The van der Waals surface area contributed by atoms with Crippen LogP contribution < -0.4 is 5.32 Å². The number of carbonyl (C=O) groups is 2. The van der Waals surface area contributed by atoms with E-state index in [1.807, 2.05) is 0 Å². The molecule has 0 aliphatic rings. The van der Waals surface area contributed by atoms with E-state index in [1.54, 1.807) is 13.0 Å². The highest BCUT2D eigenvalue weighted by Gasteiger charge is 2.18. The molecule has 10 heteroatoms. The quantitative estimate of drug-likeness (QED) is 0.439. The molecule has 1 aromatic carbocycles. The van der Waals surface area contributed by atoms with Crippen molar-refractivity contribution in [2.45, 2.75) is 19.8 Å². The van der Waals surface area contributed by atoms with Crippen molar-refractivity contribution in [3.63, 3.8) is 0 Å². The SMILES string of the molecule is Cc1c(C(=O)NCCCC(=O)O)nnn1-c1cccc([N+](=O)[O-])c1. The number of nitrogens with one attached hydrogen (secondary N) is 1. The number of nitrogens with zero attached hydrogens (tertiary/aromatic N) is 4. The summed E-state index contributed by atoms with van der Waals surface area (Å²) in [7, 11) is 0. The normalized spacial score (nSPS) is 10.4. The van der Waals surface area contributed by atoms with Crippen LogP contribution in [0.15, 0.2) is 24.3 Å². The minimum absolute atomic E-state index is 0.0420.